The lowest BCUT2D eigenvalue weighted by Crippen LogP contribution is -2.05. The van der Waals surface area contributed by atoms with Crippen LogP contribution in [0.5, 0.6) is 17.2 Å². The number of ether oxygens (including phenoxy) is 2. The minimum absolute atomic E-state index is 0.0660. The summed E-state index contributed by atoms with van der Waals surface area (Å²) in [5.41, 5.74) is 0.551. The molecule has 0 saturated heterocycles. The second-order valence-corrected chi connectivity index (χ2v) is 5.71. The molecule has 0 bridgehead atoms. The van der Waals surface area contributed by atoms with E-state index in [0.717, 1.165) is 6.26 Å². The third-order valence-electron chi connectivity index (χ3n) is 3.72. The van der Waals surface area contributed by atoms with Crippen molar-refractivity contribution in [1.29, 1.82) is 0 Å². The van der Waals surface area contributed by atoms with Crippen LogP contribution in [0.1, 0.15) is 28.7 Å². The van der Waals surface area contributed by atoms with Gasteiger partial charge in [-0.25, -0.2) is 4.68 Å². The van der Waals surface area contributed by atoms with Crippen molar-refractivity contribution in [2.45, 2.75) is 20.1 Å². The minimum Gasteiger partial charge on any atom is -0.502 e. The first-order valence-electron chi connectivity index (χ1n) is 7.97. The quantitative estimate of drug-likeness (QED) is 0.625. The van der Waals surface area contributed by atoms with E-state index in [1.165, 1.54) is 24.8 Å². The summed E-state index contributed by atoms with van der Waals surface area (Å²) in [6.45, 7) is 1.79. The first-order valence-corrected chi connectivity index (χ1v) is 7.97. The molecule has 1 N–H and O–H groups in total. The fourth-order valence-corrected chi connectivity index (χ4v) is 2.33. The summed E-state index contributed by atoms with van der Waals surface area (Å²) in [6.07, 6.45) is 2.62. The maximum absolute atomic E-state index is 11.4. The number of Topliss-reactive ketones (excluding diaryl/α,β-unsaturated/α-hetero) is 1. The summed E-state index contributed by atoms with van der Waals surface area (Å²) in [5, 5.41) is 17.1. The summed E-state index contributed by atoms with van der Waals surface area (Å²) >= 11 is 0. The molecule has 140 valence electrons. The van der Waals surface area contributed by atoms with Gasteiger partial charge in [0, 0.05) is 11.6 Å². The van der Waals surface area contributed by atoms with Gasteiger partial charge in [0.15, 0.2) is 23.0 Å². The van der Waals surface area contributed by atoms with Crippen LogP contribution >= 0.6 is 0 Å². The molecule has 0 unspecified atom stereocenters. The number of methoxy groups -OCH3 is 1. The van der Waals surface area contributed by atoms with Crippen LogP contribution in [-0.4, -0.2) is 33.0 Å². The lowest BCUT2D eigenvalue weighted by atomic mass is 10.1. The van der Waals surface area contributed by atoms with Gasteiger partial charge in [0.05, 0.1) is 13.3 Å². The van der Waals surface area contributed by atoms with E-state index < -0.39 is 11.2 Å². The van der Waals surface area contributed by atoms with Gasteiger partial charge in [-0.2, -0.15) is 0 Å². The predicted octanol–water partition coefficient (Wildman–Crippen LogP) is 1.78. The maximum atomic E-state index is 11.4. The van der Waals surface area contributed by atoms with Crippen LogP contribution in [0.4, 0.5) is 0 Å². The zero-order chi connectivity index (χ0) is 19.4. The van der Waals surface area contributed by atoms with Crippen molar-refractivity contribution in [3.63, 3.8) is 0 Å². The second-order valence-electron chi connectivity index (χ2n) is 5.71. The lowest BCUT2D eigenvalue weighted by molar-refractivity contribution is 0.101. The highest BCUT2D eigenvalue weighted by molar-refractivity contribution is 5.94. The summed E-state index contributed by atoms with van der Waals surface area (Å²) in [7, 11) is 1.49. The molecule has 9 nitrogen and oxygen atoms in total. The number of nitrogens with zero attached hydrogens (tertiary/aromatic N) is 3. The summed E-state index contributed by atoms with van der Waals surface area (Å²) < 4.78 is 17.5. The Morgan fingerprint density at radius 3 is 2.81 bits per heavy atom. The molecule has 2 heterocycles. The number of rotatable bonds is 7. The van der Waals surface area contributed by atoms with Crippen LogP contribution in [0.15, 0.2) is 45.9 Å². The van der Waals surface area contributed by atoms with Crippen molar-refractivity contribution in [2.24, 2.45) is 0 Å². The maximum Gasteiger partial charge on any atom is 0.226 e. The van der Waals surface area contributed by atoms with Gasteiger partial charge >= 0.3 is 0 Å². The molecule has 0 saturated carbocycles. The summed E-state index contributed by atoms with van der Waals surface area (Å²) in [6, 6.07) is 6.12. The van der Waals surface area contributed by atoms with Gasteiger partial charge < -0.3 is 19.0 Å². The number of hydrogen-bond acceptors (Lipinski definition) is 8. The fraction of sp³-hybridized carbons (Fsp3) is 0.222. The van der Waals surface area contributed by atoms with E-state index in [-0.39, 0.29) is 18.9 Å². The van der Waals surface area contributed by atoms with Crippen molar-refractivity contribution in [3.05, 3.63) is 64.0 Å². The Bertz CT molecular complexity index is 1020. The van der Waals surface area contributed by atoms with Gasteiger partial charge in [0.1, 0.15) is 30.9 Å². The molecular weight excluding hydrogens is 354 g/mol. The molecule has 0 radical (unpaired) electrons. The Morgan fingerprint density at radius 2 is 2.11 bits per heavy atom. The number of aromatic hydroxyl groups is 1. The Balaban J connectivity index is 1.66. The largest absolute Gasteiger partial charge is 0.502 e. The van der Waals surface area contributed by atoms with Crippen LogP contribution in [0.25, 0.3) is 0 Å². The average molecular weight is 371 g/mol. The van der Waals surface area contributed by atoms with Crippen molar-refractivity contribution in [1.82, 2.24) is 15.0 Å². The number of benzene rings is 1. The number of hydrogen-bond donors (Lipinski definition) is 1. The highest BCUT2D eigenvalue weighted by Gasteiger charge is 2.10. The lowest BCUT2D eigenvalue weighted by Gasteiger charge is -2.10. The molecule has 0 aliphatic rings. The molecule has 1 aromatic carbocycles. The van der Waals surface area contributed by atoms with E-state index in [0.29, 0.717) is 28.5 Å². The van der Waals surface area contributed by atoms with E-state index in [4.69, 9.17) is 13.9 Å². The summed E-state index contributed by atoms with van der Waals surface area (Å²) in [4.78, 5) is 22.9. The zero-order valence-electron chi connectivity index (χ0n) is 14.7. The van der Waals surface area contributed by atoms with Gasteiger partial charge in [-0.3, -0.25) is 9.59 Å². The monoisotopic (exact) mass is 371 g/mol. The SMILES string of the molecule is COc1cc(C(C)=O)ccc1OCc1cn(Cc2cc(=O)c(O)co2)nn1. The van der Waals surface area contributed by atoms with E-state index in [9.17, 15) is 14.7 Å². The van der Waals surface area contributed by atoms with E-state index in [1.807, 2.05) is 0 Å². The van der Waals surface area contributed by atoms with Crippen LogP contribution in [-0.2, 0) is 13.2 Å². The van der Waals surface area contributed by atoms with Crippen molar-refractivity contribution in [2.75, 3.05) is 7.11 Å². The highest BCUT2D eigenvalue weighted by atomic mass is 16.5. The molecular formula is C18H17N3O6. The number of ketones is 1. The molecule has 0 aliphatic carbocycles. The number of aromatic nitrogens is 3. The first kappa shape index (κ1) is 18.2. The van der Waals surface area contributed by atoms with Crippen LogP contribution in [0.2, 0.25) is 0 Å². The zero-order valence-corrected chi connectivity index (χ0v) is 14.7. The molecule has 2 aromatic heterocycles. The molecule has 3 aromatic rings. The van der Waals surface area contributed by atoms with Gasteiger partial charge in [0.25, 0.3) is 0 Å². The van der Waals surface area contributed by atoms with E-state index >= 15 is 0 Å². The Kier molecular flexibility index (Phi) is 5.20. The van der Waals surface area contributed by atoms with Gasteiger partial charge in [-0.15, -0.1) is 5.10 Å². The van der Waals surface area contributed by atoms with Gasteiger partial charge in [-0.05, 0) is 25.1 Å². The van der Waals surface area contributed by atoms with Gasteiger partial charge in [0.2, 0.25) is 5.43 Å². The van der Waals surface area contributed by atoms with Crippen molar-refractivity contribution in [3.8, 4) is 17.2 Å². The second kappa shape index (κ2) is 7.73. The minimum atomic E-state index is -0.527. The molecule has 0 fully saturated rings. The molecule has 0 amide bonds. The van der Waals surface area contributed by atoms with Crippen LogP contribution < -0.4 is 14.9 Å². The third kappa shape index (κ3) is 4.32. The first-order chi connectivity index (χ1) is 13.0. The molecule has 9 heteroatoms. The summed E-state index contributed by atoms with van der Waals surface area (Å²) in [5.74, 6) is 0.735. The molecule has 3 rings (SSSR count). The van der Waals surface area contributed by atoms with E-state index in [2.05, 4.69) is 10.3 Å². The number of carbonyl (C=O) groups is 1. The molecule has 0 aliphatic heterocycles. The van der Waals surface area contributed by atoms with Crippen LogP contribution in [0, 0.1) is 0 Å². The smallest absolute Gasteiger partial charge is 0.226 e. The molecule has 0 atom stereocenters. The highest BCUT2D eigenvalue weighted by Crippen LogP contribution is 2.28. The average Bonchev–Trinajstić information content (AvgIpc) is 3.10. The fourth-order valence-electron chi connectivity index (χ4n) is 2.33. The van der Waals surface area contributed by atoms with Crippen molar-refractivity contribution < 1.29 is 23.8 Å². The van der Waals surface area contributed by atoms with Crippen LogP contribution in [0.3, 0.4) is 0 Å². The molecule has 27 heavy (non-hydrogen) atoms. The normalized spacial score (nSPS) is 10.6. The Hall–Kier alpha value is -3.62. The van der Waals surface area contributed by atoms with E-state index in [1.54, 1.807) is 24.4 Å². The number of carbonyl (C=O) groups excluding carboxylic acids is 1. The van der Waals surface area contributed by atoms with Crippen molar-refractivity contribution >= 4 is 5.78 Å². The third-order valence-corrected chi connectivity index (χ3v) is 3.72. The predicted molar refractivity (Wildman–Crippen MR) is 93.1 cm³/mol. The Labute approximate surface area is 153 Å². The molecule has 0 spiro atoms. The Morgan fingerprint density at radius 1 is 1.30 bits per heavy atom. The van der Waals surface area contributed by atoms with Gasteiger partial charge in [-0.1, -0.05) is 5.21 Å². The standard InChI is InChI=1S/C18H17N3O6/c1-11(22)12-3-4-17(18(5-12)25-2)27-9-13-7-21(20-19-13)8-14-6-15(23)16(24)10-26-14/h3-7,10,24H,8-9H2,1-2H3. The topological polar surface area (TPSA) is 117 Å².